The molecule has 0 atom stereocenters. The first-order chi connectivity index (χ1) is 8.29. The van der Waals surface area contributed by atoms with E-state index in [1.807, 2.05) is 6.07 Å². The van der Waals surface area contributed by atoms with Gasteiger partial charge in [0.1, 0.15) is 0 Å². The van der Waals surface area contributed by atoms with Crippen molar-refractivity contribution in [3.63, 3.8) is 0 Å². The van der Waals surface area contributed by atoms with Crippen LogP contribution in [0.3, 0.4) is 0 Å². The van der Waals surface area contributed by atoms with E-state index < -0.39 is 0 Å². The molecule has 0 amide bonds. The molecule has 0 saturated heterocycles. The van der Waals surface area contributed by atoms with Crippen LogP contribution >= 0.6 is 0 Å². The molecule has 0 aliphatic rings. The summed E-state index contributed by atoms with van der Waals surface area (Å²) in [5, 5.41) is 3.87. The van der Waals surface area contributed by atoms with E-state index in [2.05, 4.69) is 35.3 Å². The Morgan fingerprint density at radius 3 is 2.76 bits per heavy atom. The lowest BCUT2D eigenvalue weighted by atomic mass is 10.0. The predicted molar refractivity (Wildman–Crippen MR) is 65.6 cm³/mol. The van der Waals surface area contributed by atoms with E-state index in [0.717, 1.165) is 12.8 Å². The minimum Gasteiger partial charge on any atom is -0.339 e. The third-order valence-electron chi connectivity index (χ3n) is 2.75. The van der Waals surface area contributed by atoms with E-state index in [1.165, 1.54) is 11.1 Å². The molecule has 0 radical (unpaired) electrons. The molecule has 1 aromatic carbocycles. The molecule has 1 heterocycles. The number of rotatable bonds is 5. The standard InChI is InChI=1S/C13H17N3O/c1-10-4-2-3-5-11(10)6-7-13-15-12(8-9-14)16-17-13/h2-5H,6-9,14H2,1H3. The molecule has 2 N–H and O–H groups in total. The number of hydrogen-bond donors (Lipinski definition) is 1. The lowest BCUT2D eigenvalue weighted by molar-refractivity contribution is 0.373. The number of nitrogens with zero attached hydrogens (tertiary/aromatic N) is 2. The summed E-state index contributed by atoms with van der Waals surface area (Å²) in [4.78, 5) is 4.29. The van der Waals surface area contributed by atoms with Crippen molar-refractivity contribution in [2.75, 3.05) is 6.54 Å². The van der Waals surface area contributed by atoms with E-state index in [-0.39, 0.29) is 0 Å². The maximum atomic E-state index is 5.43. The largest absolute Gasteiger partial charge is 0.339 e. The second kappa shape index (κ2) is 5.59. The summed E-state index contributed by atoms with van der Waals surface area (Å²) in [6, 6.07) is 8.34. The second-order valence-electron chi connectivity index (χ2n) is 4.07. The average molecular weight is 231 g/mol. The molecule has 2 aromatic rings. The monoisotopic (exact) mass is 231 g/mol. The van der Waals surface area contributed by atoms with Crippen LogP contribution in [0.15, 0.2) is 28.8 Å². The van der Waals surface area contributed by atoms with E-state index in [9.17, 15) is 0 Å². The summed E-state index contributed by atoms with van der Waals surface area (Å²) >= 11 is 0. The Kier molecular flexibility index (Phi) is 3.88. The molecule has 0 aliphatic heterocycles. The Hall–Kier alpha value is -1.68. The van der Waals surface area contributed by atoms with Crippen LogP contribution in [0, 0.1) is 6.92 Å². The predicted octanol–water partition coefficient (Wildman–Crippen LogP) is 1.66. The van der Waals surface area contributed by atoms with Crippen molar-refractivity contribution in [3.8, 4) is 0 Å². The Morgan fingerprint density at radius 1 is 1.18 bits per heavy atom. The fourth-order valence-corrected chi connectivity index (χ4v) is 1.75. The third kappa shape index (κ3) is 3.14. The molecule has 0 aliphatic carbocycles. The van der Waals surface area contributed by atoms with Crippen molar-refractivity contribution < 1.29 is 4.52 Å². The highest BCUT2D eigenvalue weighted by molar-refractivity contribution is 5.25. The quantitative estimate of drug-likeness (QED) is 0.850. The van der Waals surface area contributed by atoms with Gasteiger partial charge in [-0.3, -0.25) is 0 Å². The second-order valence-corrected chi connectivity index (χ2v) is 4.07. The Bertz CT molecular complexity index is 479. The van der Waals surface area contributed by atoms with Crippen molar-refractivity contribution in [1.82, 2.24) is 10.1 Å². The van der Waals surface area contributed by atoms with Crippen molar-refractivity contribution in [1.29, 1.82) is 0 Å². The topological polar surface area (TPSA) is 64.9 Å². The Morgan fingerprint density at radius 2 is 2.00 bits per heavy atom. The third-order valence-corrected chi connectivity index (χ3v) is 2.75. The molecule has 4 heteroatoms. The minimum absolute atomic E-state index is 0.552. The summed E-state index contributed by atoms with van der Waals surface area (Å²) in [7, 11) is 0. The fourth-order valence-electron chi connectivity index (χ4n) is 1.75. The first-order valence-electron chi connectivity index (χ1n) is 5.85. The van der Waals surface area contributed by atoms with Crippen molar-refractivity contribution >= 4 is 0 Å². The zero-order valence-electron chi connectivity index (χ0n) is 10.0. The van der Waals surface area contributed by atoms with Gasteiger partial charge in [0, 0.05) is 12.8 Å². The zero-order chi connectivity index (χ0) is 12.1. The summed E-state index contributed by atoms with van der Waals surface area (Å²) in [5.41, 5.74) is 8.06. The number of aryl methyl sites for hydroxylation is 3. The fraction of sp³-hybridized carbons (Fsp3) is 0.385. The molecule has 4 nitrogen and oxygen atoms in total. The van der Waals surface area contributed by atoms with E-state index in [0.29, 0.717) is 24.7 Å². The van der Waals surface area contributed by atoms with E-state index in [4.69, 9.17) is 10.3 Å². The number of aromatic nitrogens is 2. The molecule has 0 bridgehead atoms. The van der Waals surface area contributed by atoms with Crippen LogP contribution in [0.2, 0.25) is 0 Å². The van der Waals surface area contributed by atoms with Gasteiger partial charge in [-0.1, -0.05) is 29.4 Å². The molecule has 90 valence electrons. The van der Waals surface area contributed by atoms with Gasteiger partial charge in [0.05, 0.1) is 0 Å². The molecule has 1 aromatic heterocycles. The van der Waals surface area contributed by atoms with Gasteiger partial charge in [0.25, 0.3) is 0 Å². The Labute approximate surface area is 101 Å². The van der Waals surface area contributed by atoms with Gasteiger partial charge in [-0.2, -0.15) is 4.98 Å². The smallest absolute Gasteiger partial charge is 0.226 e. The number of nitrogens with two attached hydrogens (primary N) is 1. The maximum absolute atomic E-state index is 5.43. The first kappa shape index (κ1) is 11.8. The summed E-state index contributed by atoms with van der Waals surface area (Å²) in [6.07, 6.45) is 2.38. The summed E-state index contributed by atoms with van der Waals surface area (Å²) in [5.74, 6) is 1.39. The average Bonchev–Trinajstić information content (AvgIpc) is 2.76. The molecule has 0 saturated carbocycles. The zero-order valence-corrected chi connectivity index (χ0v) is 10.0. The SMILES string of the molecule is Cc1ccccc1CCc1nc(CCN)no1. The lowest BCUT2D eigenvalue weighted by Gasteiger charge is -2.02. The van der Waals surface area contributed by atoms with Gasteiger partial charge in [-0.05, 0) is 31.0 Å². The molecule has 0 fully saturated rings. The van der Waals surface area contributed by atoms with Crippen LogP contribution in [-0.2, 0) is 19.3 Å². The summed E-state index contributed by atoms with van der Waals surface area (Å²) in [6.45, 7) is 2.67. The highest BCUT2D eigenvalue weighted by atomic mass is 16.5. The van der Waals surface area contributed by atoms with Gasteiger partial charge in [0.15, 0.2) is 5.82 Å². The highest BCUT2D eigenvalue weighted by Crippen LogP contribution is 2.10. The number of benzene rings is 1. The molecule has 0 spiro atoms. The maximum Gasteiger partial charge on any atom is 0.226 e. The van der Waals surface area contributed by atoms with Crippen LogP contribution in [0.25, 0.3) is 0 Å². The van der Waals surface area contributed by atoms with Gasteiger partial charge < -0.3 is 10.3 Å². The summed E-state index contributed by atoms with van der Waals surface area (Å²) < 4.78 is 5.16. The van der Waals surface area contributed by atoms with Crippen LogP contribution < -0.4 is 5.73 Å². The van der Waals surface area contributed by atoms with Gasteiger partial charge in [0.2, 0.25) is 5.89 Å². The molecular weight excluding hydrogens is 214 g/mol. The van der Waals surface area contributed by atoms with Crippen molar-refractivity contribution in [3.05, 3.63) is 47.1 Å². The van der Waals surface area contributed by atoms with Crippen LogP contribution in [0.4, 0.5) is 0 Å². The van der Waals surface area contributed by atoms with Crippen LogP contribution in [0.1, 0.15) is 22.8 Å². The van der Waals surface area contributed by atoms with Crippen LogP contribution in [-0.4, -0.2) is 16.7 Å². The van der Waals surface area contributed by atoms with E-state index in [1.54, 1.807) is 0 Å². The minimum atomic E-state index is 0.552. The van der Waals surface area contributed by atoms with Crippen molar-refractivity contribution in [2.45, 2.75) is 26.2 Å². The molecule has 17 heavy (non-hydrogen) atoms. The van der Waals surface area contributed by atoms with Crippen LogP contribution in [0.5, 0.6) is 0 Å². The molecule has 2 rings (SSSR count). The first-order valence-corrected chi connectivity index (χ1v) is 5.85. The molecular formula is C13H17N3O. The van der Waals surface area contributed by atoms with E-state index >= 15 is 0 Å². The Balaban J connectivity index is 1.95. The highest BCUT2D eigenvalue weighted by Gasteiger charge is 2.06. The van der Waals surface area contributed by atoms with Gasteiger partial charge >= 0.3 is 0 Å². The van der Waals surface area contributed by atoms with Gasteiger partial charge in [-0.15, -0.1) is 0 Å². The van der Waals surface area contributed by atoms with Gasteiger partial charge in [-0.25, -0.2) is 0 Å². The normalized spacial score (nSPS) is 10.7. The lowest BCUT2D eigenvalue weighted by Crippen LogP contribution is -2.04. The van der Waals surface area contributed by atoms with Crippen molar-refractivity contribution in [2.24, 2.45) is 5.73 Å². The number of hydrogen-bond acceptors (Lipinski definition) is 4. The molecule has 0 unspecified atom stereocenters.